The maximum absolute atomic E-state index is 5.66. The van der Waals surface area contributed by atoms with Gasteiger partial charge in [0.05, 0.1) is 12.8 Å². The second-order valence-corrected chi connectivity index (χ2v) is 7.97. The molecule has 0 aromatic carbocycles. The molecule has 2 aliphatic heterocycles. The molecule has 0 aliphatic carbocycles. The van der Waals surface area contributed by atoms with Crippen LogP contribution < -0.4 is 14.2 Å². The second-order valence-electron chi connectivity index (χ2n) is 7.97. The average molecular weight is 383 g/mol. The van der Waals surface area contributed by atoms with Gasteiger partial charge in [0.1, 0.15) is 13.2 Å². The minimum atomic E-state index is 0.247. The van der Waals surface area contributed by atoms with Crippen LogP contribution in [0.3, 0.4) is 0 Å². The molecular weight excluding hydrogens is 354 g/mol. The third-order valence-electron chi connectivity index (χ3n) is 5.90. The molecule has 2 aromatic rings. The molecule has 3 atom stereocenters. The van der Waals surface area contributed by atoms with Crippen LogP contribution in [0.2, 0.25) is 0 Å². The van der Waals surface area contributed by atoms with Crippen molar-refractivity contribution in [1.29, 1.82) is 0 Å². The standard InChI is InChI=1S/C22H29N3O3/c1-14-12-25(13-18(14)10-17-9-15(2)23-21(11-17)26-4)16(3)19-5-6-20-22(24-19)28-8-7-27-20/h5-6,9,11,14,16,18H,7-8,10,12-13H2,1-4H3/t14?,16?,18-/m0/s1. The van der Waals surface area contributed by atoms with E-state index in [2.05, 4.69) is 41.9 Å². The first-order valence-corrected chi connectivity index (χ1v) is 10.1. The topological polar surface area (TPSA) is 56.7 Å². The van der Waals surface area contributed by atoms with Gasteiger partial charge in [0, 0.05) is 30.9 Å². The van der Waals surface area contributed by atoms with Crippen LogP contribution in [0.1, 0.15) is 36.8 Å². The summed E-state index contributed by atoms with van der Waals surface area (Å²) in [6, 6.07) is 8.53. The minimum absolute atomic E-state index is 0.247. The Bertz CT molecular complexity index is 842. The number of methoxy groups -OCH3 is 1. The predicted octanol–water partition coefficient (Wildman–Crippen LogP) is 3.44. The zero-order valence-electron chi connectivity index (χ0n) is 17.1. The van der Waals surface area contributed by atoms with Gasteiger partial charge in [-0.2, -0.15) is 0 Å². The highest BCUT2D eigenvalue weighted by Gasteiger charge is 2.33. The van der Waals surface area contributed by atoms with E-state index in [4.69, 9.17) is 19.2 Å². The van der Waals surface area contributed by atoms with Crippen LogP contribution in [0.5, 0.6) is 17.5 Å². The van der Waals surface area contributed by atoms with Crippen LogP contribution in [-0.2, 0) is 6.42 Å². The van der Waals surface area contributed by atoms with Crippen molar-refractivity contribution in [1.82, 2.24) is 14.9 Å². The molecule has 4 heterocycles. The Hall–Kier alpha value is -2.34. The fourth-order valence-electron chi connectivity index (χ4n) is 4.25. The number of likely N-dealkylation sites (tertiary alicyclic amines) is 1. The molecule has 2 unspecified atom stereocenters. The number of fused-ring (bicyclic) bond motifs is 1. The van der Waals surface area contributed by atoms with Gasteiger partial charge in [0.15, 0.2) is 5.75 Å². The number of nitrogens with zero attached hydrogens (tertiary/aromatic N) is 3. The highest BCUT2D eigenvalue weighted by atomic mass is 16.6. The van der Waals surface area contributed by atoms with Gasteiger partial charge in [-0.15, -0.1) is 0 Å². The number of hydrogen-bond donors (Lipinski definition) is 0. The molecule has 0 amide bonds. The van der Waals surface area contributed by atoms with Crippen LogP contribution in [0.4, 0.5) is 0 Å². The summed E-state index contributed by atoms with van der Waals surface area (Å²) in [7, 11) is 1.67. The summed E-state index contributed by atoms with van der Waals surface area (Å²) >= 11 is 0. The van der Waals surface area contributed by atoms with Gasteiger partial charge in [0.25, 0.3) is 5.88 Å². The average Bonchev–Trinajstić information content (AvgIpc) is 3.06. The summed E-state index contributed by atoms with van der Waals surface area (Å²) < 4.78 is 16.6. The molecule has 0 bridgehead atoms. The van der Waals surface area contributed by atoms with Gasteiger partial charge in [0.2, 0.25) is 5.88 Å². The monoisotopic (exact) mass is 383 g/mol. The predicted molar refractivity (Wildman–Crippen MR) is 107 cm³/mol. The normalized spacial score (nSPS) is 22.9. The lowest BCUT2D eigenvalue weighted by Crippen LogP contribution is -2.26. The molecule has 1 fully saturated rings. The third kappa shape index (κ3) is 3.92. The van der Waals surface area contributed by atoms with E-state index in [0.29, 0.717) is 36.8 Å². The lowest BCUT2D eigenvalue weighted by molar-refractivity contribution is 0.162. The molecule has 1 saturated heterocycles. The van der Waals surface area contributed by atoms with E-state index in [1.807, 2.05) is 13.0 Å². The van der Waals surface area contributed by atoms with Crippen LogP contribution >= 0.6 is 0 Å². The minimum Gasteiger partial charge on any atom is -0.484 e. The number of pyridine rings is 2. The summed E-state index contributed by atoms with van der Waals surface area (Å²) in [5.74, 6) is 3.30. The van der Waals surface area contributed by atoms with Crippen molar-refractivity contribution in [3.8, 4) is 17.5 Å². The third-order valence-corrected chi connectivity index (χ3v) is 5.90. The SMILES string of the molecule is COc1cc(C[C@H]2CN(C(C)c3ccc4c(n3)OCCO4)CC2C)cc(C)n1. The molecule has 0 spiro atoms. The van der Waals surface area contributed by atoms with Gasteiger partial charge < -0.3 is 14.2 Å². The Morgan fingerprint density at radius 3 is 2.82 bits per heavy atom. The van der Waals surface area contributed by atoms with Gasteiger partial charge in [-0.1, -0.05) is 6.92 Å². The Kier molecular flexibility index (Phi) is 5.40. The first-order valence-electron chi connectivity index (χ1n) is 10.1. The summed E-state index contributed by atoms with van der Waals surface area (Å²) in [5, 5.41) is 0. The number of hydrogen-bond acceptors (Lipinski definition) is 6. The number of aromatic nitrogens is 2. The zero-order valence-corrected chi connectivity index (χ0v) is 17.1. The van der Waals surface area contributed by atoms with Crippen LogP contribution in [0.15, 0.2) is 24.3 Å². The van der Waals surface area contributed by atoms with Gasteiger partial charge in [-0.3, -0.25) is 4.90 Å². The van der Waals surface area contributed by atoms with Crippen molar-refractivity contribution >= 4 is 0 Å². The van der Waals surface area contributed by atoms with E-state index in [1.165, 1.54) is 5.56 Å². The van der Waals surface area contributed by atoms with Gasteiger partial charge in [-0.05, 0) is 55.9 Å². The molecular formula is C22H29N3O3. The lowest BCUT2D eigenvalue weighted by Gasteiger charge is -2.25. The van der Waals surface area contributed by atoms with E-state index in [1.54, 1.807) is 7.11 Å². The molecule has 2 aromatic heterocycles. The van der Waals surface area contributed by atoms with E-state index in [9.17, 15) is 0 Å². The van der Waals surface area contributed by atoms with Crippen LogP contribution in [0, 0.1) is 18.8 Å². The molecule has 6 nitrogen and oxygen atoms in total. The highest BCUT2D eigenvalue weighted by Crippen LogP contribution is 2.35. The van der Waals surface area contributed by atoms with Crippen LogP contribution in [0.25, 0.3) is 0 Å². The van der Waals surface area contributed by atoms with Crippen molar-refractivity contribution in [2.45, 2.75) is 33.2 Å². The van der Waals surface area contributed by atoms with E-state index < -0.39 is 0 Å². The van der Waals surface area contributed by atoms with Crippen molar-refractivity contribution in [2.75, 3.05) is 33.4 Å². The smallest absolute Gasteiger partial charge is 0.257 e. The molecule has 0 N–H and O–H groups in total. The molecule has 150 valence electrons. The maximum Gasteiger partial charge on any atom is 0.257 e. The largest absolute Gasteiger partial charge is 0.484 e. The summed E-state index contributed by atoms with van der Waals surface area (Å²) in [6.07, 6.45) is 1.04. The fourth-order valence-corrected chi connectivity index (χ4v) is 4.25. The van der Waals surface area contributed by atoms with Crippen molar-refractivity contribution in [2.24, 2.45) is 11.8 Å². The van der Waals surface area contributed by atoms with E-state index >= 15 is 0 Å². The number of rotatable bonds is 5. The van der Waals surface area contributed by atoms with E-state index in [0.717, 1.165) is 36.6 Å². The van der Waals surface area contributed by atoms with Gasteiger partial charge in [-0.25, -0.2) is 9.97 Å². The molecule has 0 saturated carbocycles. The summed E-state index contributed by atoms with van der Waals surface area (Å²) in [6.45, 7) is 9.88. The summed E-state index contributed by atoms with van der Waals surface area (Å²) in [5.41, 5.74) is 3.34. The second kappa shape index (κ2) is 7.95. The van der Waals surface area contributed by atoms with Crippen molar-refractivity contribution in [3.63, 3.8) is 0 Å². The maximum atomic E-state index is 5.66. The van der Waals surface area contributed by atoms with E-state index in [-0.39, 0.29) is 6.04 Å². The molecule has 0 radical (unpaired) electrons. The highest BCUT2D eigenvalue weighted by molar-refractivity contribution is 5.36. The van der Waals surface area contributed by atoms with Crippen molar-refractivity contribution in [3.05, 3.63) is 41.2 Å². The Labute approximate surface area is 166 Å². The Morgan fingerprint density at radius 2 is 2.00 bits per heavy atom. The molecule has 6 heteroatoms. The number of ether oxygens (including phenoxy) is 3. The molecule has 2 aliphatic rings. The quantitative estimate of drug-likeness (QED) is 0.788. The summed E-state index contributed by atoms with van der Waals surface area (Å²) in [4.78, 5) is 11.6. The van der Waals surface area contributed by atoms with Crippen molar-refractivity contribution < 1.29 is 14.2 Å². The molecule has 4 rings (SSSR count). The van der Waals surface area contributed by atoms with Gasteiger partial charge >= 0.3 is 0 Å². The Balaban J connectivity index is 1.45. The zero-order chi connectivity index (χ0) is 19.7. The fraction of sp³-hybridized carbons (Fsp3) is 0.545. The Morgan fingerprint density at radius 1 is 1.18 bits per heavy atom. The first kappa shape index (κ1) is 19.0. The first-order chi connectivity index (χ1) is 13.5. The number of aryl methyl sites for hydroxylation is 1. The van der Waals surface area contributed by atoms with Crippen LogP contribution in [-0.4, -0.2) is 48.3 Å². The molecule has 28 heavy (non-hydrogen) atoms. The lowest BCUT2D eigenvalue weighted by atomic mass is 9.91.